The summed E-state index contributed by atoms with van der Waals surface area (Å²) < 4.78 is 17.1. The molecular formula is C24H29ClN2O4. The summed E-state index contributed by atoms with van der Waals surface area (Å²) in [6, 6.07) is 13.3. The van der Waals surface area contributed by atoms with Crippen molar-refractivity contribution < 1.29 is 19.0 Å². The van der Waals surface area contributed by atoms with Crippen LogP contribution in [-0.4, -0.2) is 68.3 Å². The Morgan fingerprint density at radius 2 is 1.74 bits per heavy atom. The van der Waals surface area contributed by atoms with E-state index in [1.54, 1.807) is 0 Å². The van der Waals surface area contributed by atoms with Crippen molar-refractivity contribution in [1.82, 2.24) is 9.80 Å². The van der Waals surface area contributed by atoms with Gasteiger partial charge in [0, 0.05) is 32.7 Å². The van der Waals surface area contributed by atoms with Gasteiger partial charge in [-0.25, -0.2) is 0 Å². The molecule has 31 heavy (non-hydrogen) atoms. The number of hydrogen-bond donors (Lipinski definition) is 0. The van der Waals surface area contributed by atoms with E-state index in [2.05, 4.69) is 4.90 Å². The van der Waals surface area contributed by atoms with Crippen LogP contribution in [0.3, 0.4) is 0 Å². The molecule has 0 spiro atoms. The van der Waals surface area contributed by atoms with Crippen molar-refractivity contribution in [2.45, 2.75) is 19.3 Å². The molecular weight excluding hydrogens is 416 g/mol. The van der Waals surface area contributed by atoms with Crippen molar-refractivity contribution in [2.24, 2.45) is 0 Å². The first-order valence-electron chi connectivity index (χ1n) is 10.7. The summed E-state index contributed by atoms with van der Waals surface area (Å²) in [7, 11) is 0. The topological polar surface area (TPSA) is 51.2 Å². The summed E-state index contributed by atoms with van der Waals surface area (Å²) in [6.45, 7) is 9.49. The van der Waals surface area contributed by atoms with E-state index in [4.69, 9.17) is 25.8 Å². The molecule has 1 fully saturated rings. The van der Waals surface area contributed by atoms with Gasteiger partial charge in [-0.2, -0.15) is 0 Å². The molecule has 6 nitrogen and oxygen atoms in total. The zero-order valence-electron chi connectivity index (χ0n) is 18.1. The van der Waals surface area contributed by atoms with Gasteiger partial charge >= 0.3 is 0 Å². The molecule has 1 saturated heterocycles. The zero-order chi connectivity index (χ0) is 21.8. The average Bonchev–Trinajstić information content (AvgIpc) is 2.80. The van der Waals surface area contributed by atoms with Crippen LogP contribution in [-0.2, 0) is 10.2 Å². The van der Waals surface area contributed by atoms with Gasteiger partial charge < -0.3 is 19.1 Å². The largest absolute Gasteiger partial charge is 0.491 e. The Morgan fingerprint density at radius 1 is 1.03 bits per heavy atom. The number of piperazine rings is 1. The van der Waals surface area contributed by atoms with E-state index in [-0.39, 0.29) is 5.91 Å². The molecule has 0 radical (unpaired) electrons. The number of carbonyl (C=O) groups is 1. The number of fused-ring (bicyclic) bond motifs is 1. The summed E-state index contributed by atoms with van der Waals surface area (Å²) >= 11 is 6.13. The van der Waals surface area contributed by atoms with Crippen molar-refractivity contribution in [3.8, 4) is 17.2 Å². The lowest BCUT2D eigenvalue weighted by atomic mass is 9.82. The van der Waals surface area contributed by atoms with Gasteiger partial charge in [0.05, 0.1) is 10.4 Å². The molecule has 0 aliphatic carbocycles. The van der Waals surface area contributed by atoms with Crippen LogP contribution < -0.4 is 14.2 Å². The number of amides is 1. The zero-order valence-corrected chi connectivity index (χ0v) is 18.9. The first-order chi connectivity index (χ1) is 14.9. The lowest BCUT2D eigenvalue weighted by Crippen LogP contribution is -2.53. The molecule has 7 heteroatoms. The SMILES string of the molecule is CC(C)(C(=O)N1CCN(CCOc2ccccc2Cl)CC1)c1ccc2c(c1)OCCO2. The quantitative estimate of drug-likeness (QED) is 0.681. The molecule has 2 aromatic carbocycles. The maximum atomic E-state index is 13.3. The van der Waals surface area contributed by atoms with Crippen LogP contribution in [0.5, 0.6) is 17.2 Å². The van der Waals surface area contributed by atoms with Crippen LogP contribution in [0.2, 0.25) is 5.02 Å². The Kier molecular flexibility index (Phi) is 6.58. The van der Waals surface area contributed by atoms with Gasteiger partial charge in [-0.3, -0.25) is 9.69 Å². The van der Waals surface area contributed by atoms with E-state index < -0.39 is 5.41 Å². The highest BCUT2D eigenvalue weighted by Gasteiger charge is 2.36. The summed E-state index contributed by atoms with van der Waals surface area (Å²) in [5, 5.41) is 0.624. The molecule has 166 valence electrons. The molecule has 0 aromatic heterocycles. The fourth-order valence-electron chi connectivity index (χ4n) is 3.97. The van der Waals surface area contributed by atoms with Crippen molar-refractivity contribution in [2.75, 3.05) is 52.5 Å². The maximum absolute atomic E-state index is 13.3. The summed E-state index contributed by atoms with van der Waals surface area (Å²) in [6.07, 6.45) is 0. The van der Waals surface area contributed by atoms with Gasteiger partial charge in [0.2, 0.25) is 5.91 Å². The molecule has 4 rings (SSSR count). The number of benzene rings is 2. The third-order valence-corrected chi connectivity index (χ3v) is 6.27. The molecule has 1 amide bonds. The van der Waals surface area contributed by atoms with Crippen LogP contribution in [0.1, 0.15) is 19.4 Å². The number of ether oxygens (including phenoxy) is 3. The minimum atomic E-state index is -0.634. The van der Waals surface area contributed by atoms with E-state index in [1.807, 2.05) is 61.2 Å². The molecule has 0 bridgehead atoms. The first kappa shape index (κ1) is 21.8. The lowest BCUT2D eigenvalue weighted by molar-refractivity contribution is -0.138. The Labute approximate surface area is 188 Å². The normalized spacial score (nSPS) is 16.8. The van der Waals surface area contributed by atoms with Crippen molar-refractivity contribution in [1.29, 1.82) is 0 Å². The maximum Gasteiger partial charge on any atom is 0.232 e. The van der Waals surface area contributed by atoms with Gasteiger partial charge in [-0.15, -0.1) is 0 Å². The third-order valence-electron chi connectivity index (χ3n) is 5.96. The molecule has 0 saturated carbocycles. The molecule has 2 heterocycles. The highest BCUT2D eigenvalue weighted by molar-refractivity contribution is 6.32. The van der Waals surface area contributed by atoms with E-state index in [0.29, 0.717) is 49.4 Å². The monoisotopic (exact) mass is 444 g/mol. The van der Waals surface area contributed by atoms with E-state index in [9.17, 15) is 4.79 Å². The van der Waals surface area contributed by atoms with Crippen molar-refractivity contribution in [3.63, 3.8) is 0 Å². The minimum Gasteiger partial charge on any atom is -0.491 e. The predicted molar refractivity (Wildman–Crippen MR) is 120 cm³/mol. The van der Waals surface area contributed by atoms with E-state index >= 15 is 0 Å². The standard InChI is InChI=1S/C24H29ClN2O4/c1-24(2,18-7-8-21-22(17-18)31-16-15-30-21)23(28)27-11-9-26(10-12-27)13-14-29-20-6-4-3-5-19(20)25/h3-8,17H,9-16H2,1-2H3. The van der Waals surface area contributed by atoms with Crippen LogP contribution in [0.4, 0.5) is 0 Å². The fourth-order valence-corrected chi connectivity index (χ4v) is 4.16. The second-order valence-electron chi connectivity index (χ2n) is 8.40. The van der Waals surface area contributed by atoms with E-state index in [1.165, 1.54) is 0 Å². The Morgan fingerprint density at radius 3 is 2.48 bits per heavy atom. The number of carbonyl (C=O) groups excluding carboxylic acids is 1. The molecule has 2 aliphatic rings. The molecule has 0 atom stereocenters. The Hall–Kier alpha value is -2.44. The molecule has 0 unspecified atom stereocenters. The summed E-state index contributed by atoms with van der Waals surface area (Å²) in [5.74, 6) is 2.30. The van der Waals surface area contributed by atoms with Gasteiger partial charge in [-0.05, 0) is 43.7 Å². The number of nitrogens with zero attached hydrogens (tertiary/aromatic N) is 2. The number of hydrogen-bond acceptors (Lipinski definition) is 5. The summed E-state index contributed by atoms with van der Waals surface area (Å²) in [4.78, 5) is 17.6. The molecule has 2 aliphatic heterocycles. The van der Waals surface area contributed by atoms with Gasteiger partial charge in [0.25, 0.3) is 0 Å². The van der Waals surface area contributed by atoms with Crippen LogP contribution in [0.25, 0.3) is 0 Å². The van der Waals surface area contributed by atoms with Gasteiger partial charge in [0.15, 0.2) is 11.5 Å². The summed E-state index contributed by atoms with van der Waals surface area (Å²) in [5.41, 5.74) is 0.308. The Bertz CT molecular complexity index is 926. The average molecular weight is 445 g/mol. The predicted octanol–water partition coefficient (Wildman–Crippen LogP) is 3.61. The second-order valence-corrected chi connectivity index (χ2v) is 8.80. The second kappa shape index (κ2) is 9.37. The number of rotatable bonds is 6. The van der Waals surface area contributed by atoms with Crippen molar-refractivity contribution in [3.05, 3.63) is 53.1 Å². The minimum absolute atomic E-state index is 0.135. The number of halogens is 1. The van der Waals surface area contributed by atoms with Crippen LogP contribution in [0, 0.1) is 0 Å². The van der Waals surface area contributed by atoms with E-state index in [0.717, 1.165) is 30.9 Å². The van der Waals surface area contributed by atoms with Crippen LogP contribution >= 0.6 is 11.6 Å². The highest BCUT2D eigenvalue weighted by Crippen LogP contribution is 2.36. The molecule has 2 aromatic rings. The first-order valence-corrected chi connectivity index (χ1v) is 11.1. The fraction of sp³-hybridized carbons (Fsp3) is 0.458. The van der Waals surface area contributed by atoms with Gasteiger partial charge in [0.1, 0.15) is 25.6 Å². The lowest BCUT2D eigenvalue weighted by Gasteiger charge is -2.39. The van der Waals surface area contributed by atoms with Crippen molar-refractivity contribution >= 4 is 17.5 Å². The third kappa shape index (κ3) is 4.91. The van der Waals surface area contributed by atoms with Crippen LogP contribution in [0.15, 0.2) is 42.5 Å². The highest BCUT2D eigenvalue weighted by atomic mass is 35.5. The molecule has 0 N–H and O–H groups in total. The number of para-hydroxylation sites is 1. The smallest absolute Gasteiger partial charge is 0.232 e. The Balaban J connectivity index is 1.30. The van der Waals surface area contributed by atoms with Gasteiger partial charge in [-0.1, -0.05) is 29.8 Å².